The van der Waals surface area contributed by atoms with Gasteiger partial charge in [-0.15, -0.1) is 5.10 Å². The van der Waals surface area contributed by atoms with E-state index in [0.29, 0.717) is 16.3 Å². The van der Waals surface area contributed by atoms with Gasteiger partial charge < -0.3 is 5.73 Å². The van der Waals surface area contributed by atoms with Crippen LogP contribution in [0.3, 0.4) is 0 Å². The summed E-state index contributed by atoms with van der Waals surface area (Å²) in [6.45, 7) is 3.74. The van der Waals surface area contributed by atoms with Gasteiger partial charge in [0.05, 0.1) is 11.8 Å². The molecule has 0 unspecified atom stereocenters. The summed E-state index contributed by atoms with van der Waals surface area (Å²) in [5.74, 6) is -0.939. The molecule has 1 amide bonds. The second kappa shape index (κ2) is 5.94. The topological polar surface area (TPSA) is 96.0 Å². The van der Waals surface area contributed by atoms with Crippen LogP contribution in [-0.4, -0.2) is 34.9 Å². The molecule has 28 heavy (non-hydrogen) atoms. The Morgan fingerprint density at radius 3 is 2.39 bits per heavy atom. The van der Waals surface area contributed by atoms with Gasteiger partial charge >= 0.3 is 6.18 Å². The minimum absolute atomic E-state index is 0.0291. The van der Waals surface area contributed by atoms with Crippen LogP contribution in [0.25, 0.3) is 17.4 Å². The van der Waals surface area contributed by atoms with E-state index in [4.69, 9.17) is 5.73 Å². The molecule has 0 aliphatic heterocycles. The lowest BCUT2D eigenvalue weighted by molar-refractivity contribution is -0.143. The Bertz CT molecular complexity index is 1200. The molecule has 0 fully saturated rings. The molecule has 0 aliphatic rings. The highest BCUT2D eigenvalue weighted by molar-refractivity contribution is 5.94. The van der Waals surface area contributed by atoms with Crippen molar-refractivity contribution >= 4 is 11.6 Å². The largest absolute Gasteiger partial charge is 0.434 e. The van der Waals surface area contributed by atoms with Crippen molar-refractivity contribution in [2.75, 3.05) is 0 Å². The smallest absolute Gasteiger partial charge is 0.365 e. The molecule has 4 rings (SSSR count). The molecule has 4 aromatic heterocycles. The summed E-state index contributed by atoms with van der Waals surface area (Å²) in [5, 5.41) is 8.09. The van der Waals surface area contributed by atoms with E-state index in [2.05, 4.69) is 15.2 Å². The number of halogens is 3. The average Bonchev–Trinajstić information content (AvgIpc) is 3.30. The summed E-state index contributed by atoms with van der Waals surface area (Å²) in [6, 6.07) is 8.31. The van der Waals surface area contributed by atoms with Crippen molar-refractivity contribution in [3.8, 4) is 11.8 Å². The minimum Gasteiger partial charge on any atom is -0.365 e. The maximum Gasteiger partial charge on any atom is 0.434 e. The molecule has 0 aliphatic carbocycles. The average molecular weight is 389 g/mol. The highest BCUT2D eigenvalue weighted by Crippen LogP contribution is 2.33. The zero-order valence-electron chi connectivity index (χ0n) is 14.8. The molecule has 0 atom stereocenters. The maximum absolute atomic E-state index is 13.6. The fourth-order valence-electron chi connectivity index (χ4n) is 3.09. The summed E-state index contributed by atoms with van der Waals surface area (Å²) in [7, 11) is 0. The molecule has 0 aromatic carbocycles. The van der Waals surface area contributed by atoms with Crippen LogP contribution in [-0.2, 0) is 6.18 Å². The first-order valence-corrected chi connectivity index (χ1v) is 8.15. The number of carbonyl (C=O) groups excluding carboxylic acids is 1. The lowest BCUT2D eigenvalue weighted by Gasteiger charge is -2.12. The maximum atomic E-state index is 13.6. The number of fused-ring (bicyclic) bond motifs is 1. The number of nitrogens with two attached hydrogens (primary N) is 1. The zero-order valence-corrected chi connectivity index (χ0v) is 14.8. The van der Waals surface area contributed by atoms with Gasteiger partial charge in [0, 0.05) is 11.4 Å². The van der Waals surface area contributed by atoms with Crippen LogP contribution in [0.15, 0.2) is 36.5 Å². The number of nitrogens with zero attached hydrogens (tertiary/aromatic N) is 6. The van der Waals surface area contributed by atoms with Crippen molar-refractivity contribution in [3.63, 3.8) is 0 Å². The van der Waals surface area contributed by atoms with E-state index in [1.165, 1.54) is 16.6 Å². The van der Waals surface area contributed by atoms with Gasteiger partial charge in [-0.2, -0.15) is 27.8 Å². The van der Waals surface area contributed by atoms with E-state index in [-0.39, 0.29) is 5.82 Å². The highest BCUT2D eigenvalue weighted by atomic mass is 19.4. The van der Waals surface area contributed by atoms with Crippen LogP contribution in [0.2, 0.25) is 0 Å². The van der Waals surface area contributed by atoms with Crippen LogP contribution < -0.4 is 5.73 Å². The minimum atomic E-state index is -4.85. The lowest BCUT2D eigenvalue weighted by Crippen LogP contribution is -2.21. The van der Waals surface area contributed by atoms with E-state index in [1.807, 2.05) is 26.0 Å². The number of aryl methyl sites for hydroxylation is 2. The van der Waals surface area contributed by atoms with Gasteiger partial charge in [-0.3, -0.25) is 9.36 Å². The van der Waals surface area contributed by atoms with Crippen molar-refractivity contribution in [2.45, 2.75) is 20.0 Å². The number of carbonyl (C=O) groups is 1. The third kappa shape index (κ3) is 2.63. The number of pyridine rings is 1. The number of hydrogen-bond acceptors (Lipinski definition) is 4. The zero-order chi connectivity index (χ0) is 20.2. The molecular weight excluding hydrogens is 375 g/mol. The van der Waals surface area contributed by atoms with E-state index in [0.717, 1.165) is 17.6 Å². The SMILES string of the molecule is Cc1ccc(C)n1-c1nc2cccc(-n3ncc(C(N)=O)c3C(F)(F)F)n2n1. The fourth-order valence-corrected chi connectivity index (χ4v) is 3.09. The highest BCUT2D eigenvalue weighted by Gasteiger charge is 2.40. The molecule has 2 N–H and O–H groups in total. The fraction of sp³-hybridized carbons (Fsp3) is 0.176. The Balaban J connectivity index is 1.98. The van der Waals surface area contributed by atoms with Crippen molar-refractivity contribution < 1.29 is 18.0 Å². The second-order valence-electron chi connectivity index (χ2n) is 6.20. The third-order valence-electron chi connectivity index (χ3n) is 4.32. The molecule has 0 saturated heterocycles. The van der Waals surface area contributed by atoms with Gasteiger partial charge in [0.2, 0.25) is 0 Å². The first kappa shape index (κ1) is 17.8. The second-order valence-corrected chi connectivity index (χ2v) is 6.20. The van der Waals surface area contributed by atoms with Gasteiger partial charge in [-0.25, -0.2) is 4.68 Å². The van der Waals surface area contributed by atoms with Crippen LogP contribution in [0.1, 0.15) is 27.4 Å². The first-order valence-electron chi connectivity index (χ1n) is 8.15. The Kier molecular flexibility index (Phi) is 3.77. The van der Waals surface area contributed by atoms with Gasteiger partial charge in [-0.1, -0.05) is 6.07 Å². The summed E-state index contributed by atoms with van der Waals surface area (Å²) in [4.78, 5) is 15.8. The van der Waals surface area contributed by atoms with Crippen molar-refractivity contribution in [1.29, 1.82) is 0 Å². The number of hydrogen-bond donors (Lipinski definition) is 1. The monoisotopic (exact) mass is 389 g/mol. The molecule has 144 valence electrons. The number of rotatable bonds is 3. The third-order valence-corrected chi connectivity index (χ3v) is 4.32. The van der Waals surface area contributed by atoms with Gasteiger partial charge in [0.25, 0.3) is 11.9 Å². The van der Waals surface area contributed by atoms with Crippen molar-refractivity contribution in [3.05, 3.63) is 59.2 Å². The molecule has 4 heterocycles. The Labute approximate surface area is 156 Å². The molecule has 0 saturated carbocycles. The van der Waals surface area contributed by atoms with Gasteiger partial charge in [0.1, 0.15) is 0 Å². The number of primary amides is 1. The van der Waals surface area contributed by atoms with Crippen LogP contribution in [0.4, 0.5) is 13.2 Å². The van der Waals surface area contributed by atoms with E-state index < -0.39 is 23.3 Å². The number of aromatic nitrogens is 6. The predicted octanol–water partition coefficient (Wildman–Crippen LogP) is 2.44. The standard InChI is InChI=1S/C17H14F3N7O/c1-9-6-7-10(2)25(9)16-23-12-4-3-5-13(26(12)24-16)27-14(17(18,19)20)11(8-22-27)15(21)28/h3-8H,1-2H3,(H2,21,28). The first-order chi connectivity index (χ1) is 13.2. The Hall–Kier alpha value is -3.63. The normalized spacial score (nSPS) is 12.0. The molecule has 0 bridgehead atoms. The van der Waals surface area contributed by atoms with E-state index in [1.54, 1.807) is 10.6 Å². The Morgan fingerprint density at radius 2 is 1.79 bits per heavy atom. The molecule has 0 spiro atoms. The molecular formula is C17H14F3N7O. The molecule has 4 aromatic rings. The summed E-state index contributed by atoms with van der Waals surface area (Å²) in [5.41, 5.74) is 5.18. The van der Waals surface area contributed by atoms with Crippen molar-refractivity contribution in [2.24, 2.45) is 5.73 Å². The number of amides is 1. The van der Waals surface area contributed by atoms with Crippen LogP contribution in [0, 0.1) is 13.8 Å². The van der Waals surface area contributed by atoms with Gasteiger partial charge in [-0.05, 0) is 38.1 Å². The Morgan fingerprint density at radius 1 is 1.11 bits per heavy atom. The van der Waals surface area contributed by atoms with Crippen LogP contribution in [0.5, 0.6) is 0 Å². The summed E-state index contributed by atoms with van der Waals surface area (Å²) < 4.78 is 44.4. The summed E-state index contributed by atoms with van der Waals surface area (Å²) >= 11 is 0. The van der Waals surface area contributed by atoms with E-state index in [9.17, 15) is 18.0 Å². The molecule has 8 nitrogen and oxygen atoms in total. The number of alkyl halides is 3. The van der Waals surface area contributed by atoms with Gasteiger partial charge in [0.15, 0.2) is 17.2 Å². The van der Waals surface area contributed by atoms with Crippen molar-refractivity contribution in [1.82, 2.24) is 28.9 Å². The molecule has 0 radical (unpaired) electrons. The quantitative estimate of drug-likeness (QED) is 0.582. The van der Waals surface area contributed by atoms with E-state index >= 15 is 0 Å². The predicted molar refractivity (Wildman–Crippen MR) is 92.4 cm³/mol. The molecule has 11 heteroatoms. The lowest BCUT2D eigenvalue weighted by atomic mass is 10.2. The summed E-state index contributed by atoms with van der Waals surface area (Å²) in [6.07, 6.45) is -4.05. The van der Waals surface area contributed by atoms with Crippen LogP contribution >= 0.6 is 0 Å².